The van der Waals surface area contributed by atoms with Gasteiger partial charge in [-0.3, -0.25) is 0 Å². The van der Waals surface area contributed by atoms with Crippen LogP contribution in [0, 0.1) is 0 Å². The molecule has 4 rings (SSSR count). The van der Waals surface area contributed by atoms with Gasteiger partial charge in [0.2, 0.25) is 0 Å². The lowest BCUT2D eigenvalue weighted by atomic mass is 9.74. The topological polar surface area (TPSA) is 34.2 Å². The highest BCUT2D eigenvalue weighted by atomic mass is 16.7. The molecular weight excluding hydrogens is 369 g/mol. The van der Waals surface area contributed by atoms with Crippen LogP contribution < -0.4 is 5.46 Å². The zero-order valence-corrected chi connectivity index (χ0v) is 20.2. The van der Waals surface area contributed by atoms with E-state index < -0.39 is 18.3 Å². The van der Waals surface area contributed by atoms with E-state index in [1.54, 1.807) is 0 Å². The van der Waals surface area contributed by atoms with Crippen molar-refractivity contribution in [2.75, 3.05) is 0 Å². The van der Waals surface area contributed by atoms with E-state index in [9.17, 15) is 0 Å². The number of aromatic amines is 1. The first-order valence-corrected chi connectivity index (χ1v) is 11.0. The molecule has 2 heterocycles. The molecule has 0 saturated carbocycles. The van der Waals surface area contributed by atoms with Gasteiger partial charge in [0.15, 0.2) is 0 Å². The maximum atomic E-state index is 9.14. The fourth-order valence-corrected chi connectivity index (χ4v) is 3.97. The molecule has 0 radical (unpaired) electrons. The molecule has 2 aromatic carbocycles. The fourth-order valence-electron chi connectivity index (χ4n) is 3.97. The number of benzene rings is 2. The molecule has 0 atom stereocenters. The Kier molecular flexibility index (Phi) is 4.28. The van der Waals surface area contributed by atoms with E-state index in [0.717, 1.165) is 27.4 Å². The highest BCUT2D eigenvalue weighted by Gasteiger charge is 2.52. The Hall–Kier alpha value is -1.78. The number of aromatic nitrogens is 1. The van der Waals surface area contributed by atoms with Gasteiger partial charge in [-0.1, -0.05) is 53.7 Å². The van der Waals surface area contributed by atoms with E-state index in [-0.39, 0.29) is 10.8 Å². The molecule has 0 unspecified atom stereocenters. The molecule has 1 N–H and O–H groups in total. The van der Waals surface area contributed by atoms with Gasteiger partial charge in [0, 0.05) is 27.3 Å². The second kappa shape index (κ2) is 6.37. The maximum absolute atomic E-state index is 9.14. The molecule has 1 saturated heterocycles. The van der Waals surface area contributed by atoms with Crippen LogP contribution in [0.2, 0.25) is 0 Å². The van der Waals surface area contributed by atoms with Crippen molar-refractivity contribution < 1.29 is 10.7 Å². The summed E-state index contributed by atoms with van der Waals surface area (Å²) in [6.07, 6.45) is 0. The highest BCUT2D eigenvalue weighted by Crippen LogP contribution is 2.39. The molecular formula is C26H36BNO2. The molecule has 0 aliphatic carbocycles. The molecule has 0 amide bonds. The number of H-pyrrole nitrogens is 1. The van der Waals surface area contributed by atoms with Gasteiger partial charge >= 0.3 is 7.12 Å². The molecule has 1 aliphatic heterocycles. The Morgan fingerprint density at radius 1 is 0.833 bits per heavy atom. The molecule has 1 fully saturated rings. The number of hydrogen-bond donors (Lipinski definition) is 1. The number of hydrogen-bond acceptors (Lipinski definition) is 2. The zero-order valence-electron chi connectivity index (χ0n) is 21.2. The Morgan fingerprint density at radius 3 is 1.90 bits per heavy atom. The van der Waals surface area contributed by atoms with E-state index in [4.69, 9.17) is 10.7 Å². The second-order valence-corrected chi connectivity index (χ2v) is 11.9. The maximum Gasteiger partial charge on any atom is 0.497 e. The molecule has 1 aliphatic rings. The molecule has 160 valence electrons. The van der Waals surface area contributed by atoms with Crippen LogP contribution in [-0.4, -0.2) is 23.3 Å². The molecule has 30 heavy (non-hydrogen) atoms. The Balaban J connectivity index is 2.06. The normalized spacial score (nSPS) is 19.7. The molecule has 4 heteroatoms. The number of nitrogens with one attached hydrogen (secondary N) is 1. The summed E-state index contributed by atoms with van der Waals surface area (Å²) < 4.78 is 22.0. The summed E-state index contributed by atoms with van der Waals surface area (Å²) in [6, 6.07) is 9.33. The van der Waals surface area contributed by atoms with E-state index in [1.807, 2.05) is 0 Å². The highest BCUT2D eigenvalue weighted by molar-refractivity contribution is 6.65. The van der Waals surface area contributed by atoms with Crippen molar-refractivity contribution in [3.63, 3.8) is 0 Å². The van der Waals surface area contributed by atoms with Crippen LogP contribution in [0.25, 0.3) is 21.8 Å². The predicted molar refractivity (Wildman–Crippen MR) is 129 cm³/mol. The van der Waals surface area contributed by atoms with Crippen molar-refractivity contribution >= 4 is 34.4 Å². The summed E-state index contributed by atoms with van der Waals surface area (Å²) in [5, 5.41) is 2.32. The van der Waals surface area contributed by atoms with Gasteiger partial charge in [-0.15, -0.1) is 0 Å². The fraction of sp³-hybridized carbons (Fsp3) is 0.538. The molecule has 0 spiro atoms. The Morgan fingerprint density at radius 2 is 1.37 bits per heavy atom. The van der Waals surface area contributed by atoms with E-state index in [0.29, 0.717) is 6.04 Å². The van der Waals surface area contributed by atoms with Crippen LogP contribution in [0.5, 0.6) is 0 Å². The quantitative estimate of drug-likeness (QED) is 0.487. The standard InChI is InChI=1S/C26H36BNO2/c1-23(2,3)16-11-12-21-18(13-16)19-14-17(24(4,5)6)15-20(22(19)28-21)27-29-25(7,8)26(9,10)30-27/h11-15,28H,1-10H3/i15D. The SMILES string of the molecule is [2H]c1c(C(C)(C)C)cc2c([nH]c3ccc(C(C)(C)C)cc32)c1B1OC(C)(C)C(C)(C)O1. The third-order valence-electron chi connectivity index (χ3n) is 6.83. The minimum atomic E-state index is -0.586. The summed E-state index contributed by atoms with van der Waals surface area (Å²) in [4.78, 5) is 3.60. The van der Waals surface area contributed by atoms with Crippen LogP contribution in [0.1, 0.15) is 81.7 Å². The van der Waals surface area contributed by atoms with Crippen molar-refractivity contribution in [2.45, 2.75) is 91.3 Å². The van der Waals surface area contributed by atoms with Crippen LogP contribution in [0.15, 0.2) is 30.3 Å². The van der Waals surface area contributed by atoms with Crippen LogP contribution in [0.3, 0.4) is 0 Å². The van der Waals surface area contributed by atoms with Gasteiger partial charge in [0.1, 0.15) is 0 Å². The minimum absolute atomic E-state index is 0.0640. The first-order valence-electron chi connectivity index (χ1n) is 11.5. The summed E-state index contributed by atoms with van der Waals surface area (Å²) in [6.45, 7) is 21.4. The van der Waals surface area contributed by atoms with Gasteiger partial charge in [-0.05, 0) is 67.9 Å². The predicted octanol–water partition coefficient (Wildman–Crippen LogP) is 6.22. The van der Waals surface area contributed by atoms with Crippen molar-refractivity contribution in [3.05, 3.63) is 41.4 Å². The van der Waals surface area contributed by atoms with E-state index >= 15 is 0 Å². The third-order valence-corrected chi connectivity index (χ3v) is 6.83. The Bertz CT molecular complexity index is 1160. The van der Waals surface area contributed by atoms with Crippen LogP contribution in [0.4, 0.5) is 0 Å². The lowest BCUT2D eigenvalue weighted by Gasteiger charge is -2.32. The van der Waals surface area contributed by atoms with Crippen LogP contribution >= 0.6 is 0 Å². The lowest BCUT2D eigenvalue weighted by molar-refractivity contribution is 0.00578. The summed E-state index contributed by atoms with van der Waals surface area (Å²) in [7, 11) is -0.586. The van der Waals surface area contributed by atoms with Crippen molar-refractivity contribution in [1.82, 2.24) is 4.98 Å². The average Bonchev–Trinajstić information content (AvgIpc) is 3.05. The first-order chi connectivity index (χ1) is 14.0. The number of fused-ring (bicyclic) bond motifs is 3. The van der Waals surface area contributed by atoms with Crippen molar-refractivity contribution in [1.29, 1.82) is 0 Å². The lowest BCUT2D eigenvalue weighted by Crippen LogP contribution is -2.41. The largest absolute Gasteiger partial charge is 0.497 e. The molecule has 3 aromatic rings. The summed E-state index contributed by atoms with van der Waals surface area (Å²) in [5.74, 6) is 0. The van der Waals surface area contributed by atoms with Crippen molar-refractivity contribution in [3.8, 4) is 0 Å². The average molecular weight is 406 g/mol. The van der Waals surface area contributed by atoms with E-state index in [2.05, 4.69) is 98.5 Å². The smallest absolute Gasteiger partial charge is 0.399 e. The van der Waals surface area contributed by atoms with Crippen molar-refractivity contribution in [2.24, 2.45) is 0 Å². The van der Waals surface area contributed by atoms with Gasteiger partial charge in [0.25, 0.3) is 0 Å². The number of rotatable bonds is 1. The molecule has 1 aromatic heterocycles. The monoisotopic (exact) mass is 406 g/mol. The van der Waals surface area contributed by atoms with Gasteiger partial charge in [-0.25, -0.2) is 0 Å². The molecule has 3 nitrogen and oxygen atoms in total. The van der Waals surface area contributed by atoms with Gasteiger partial charge in [-0.2, -0.15) is 0 Å². The molecule has 0 bridgehead atoms. The van der Waals surface area contributed by atoms with Gasteiger partial charge < -0.3 is 14.3 Å². The summed E-state index contributed by atoms with van der Waals surface area (Å²) in [5.41, 5.74) is 4.10. The third kappa shape index (κ3) is 3.38. The summed E-state index contributed by atoms with van der Waals surface area (Å²) >= 11 is 0. The zero-order chi connectivity index (χ0) is 23.1. The van der Waals surface area contributed by atoms with Gasteiger partial charge in [0.05, 0.1) is 12.6 Å². The second-order valence-electron chi connectivity index (χ2n) is 11.9. The minimum Gasteiger partial charge on any atom is -0.399 e. The van der Waals surface area contributed by atoms with E-state index in [1.165, 1.54) is 10.9 Å². The van der Waals surface area contributed by atoms with Crippen LogP contribution in [-0.2, 0) is 20.1 Å². The Labute approximate surface area is 183 Å². The first kappa shape index (κ1) is 20.1.